The molecule has 2 N–H and O–H groups in total. The standard InChI is InChI=1S/C14H19NO4/c1-3-19-14(18)12(9-15-10(2)16)13(17)11-7-5-4-6-8-11/h4-8,12-13,17H,3,9H2,1-2H3,(H,15,16)/t12-,13-/m1/s1. The molecule has 19 heavy (non-hydrogen) atoms. The van der Waals surface area contributed by atoms with Crippen LogP contribution in [0.2, 0.25) is 0 Å². The molecule has 0 unspecified atom stereocenters. The Balaban J connectivity index is 2.82. The van der Waals surface area contributed by atoms with Gasteiger partial charge in [-0.2, -0.15) is 0 Å². The molecule has 5 nitrogen and oxygen atoms in total. The summed E-state index contributed by atoms with van der Waals surface area (Å²) in [6.07, 6.45) is -1.01. The normalized spacial score (nSPS) is 13.4. The fourth-order valence-electron chi connectivity index (χ4n) is 1.71. The van der Waals surface area contributed by atoms with E-state index in [1.165, 1.54) is 6.92 Å². The Bertz CT molecular complexity index is 419. The number of aliphatic hydroxyl groups excluding tert-OH is 1. The molecule has 0 saturated heterocycles. The first-order chi connectivity index (χ1) is 9.06. The van der Waals surface area contributed by atoms with Crippen LogP contribution in [0.15, 0.2) is 30.3 Å². The molecule has 0 aliphatic heterocycles. The Labute approximate surface area is 112 Å². The van der Waals surface area contributed by atoms with Gasteiger partial charge < -0.3 is 15.2 Å². The van der Waals surface area contributed by atoms with Gasteiger partial charge in [0.15, 0.2) is 0 Å². The zero-order valence-electron chi connectivity index (χ0n) is 11.1. The molecular weight excluding hydrogens is 246 g/mol. The maximum absolute atomic E-state index is 11.8. The van der Waals surface area contributed by atoms with Crippen molar-refractivity contribution in [3.63, 3.8) is 0 Å². The molecule has 0 spiro atoms. The van der Waals surface area contributed by atoms with Crippen molar-refractivity contribution in [3.8, 4) is 0 Å². The van der Waals surface area contributed by atoms with Crippen LogP contribution in [0.5, 0.6) is 0 Å². The molecule has 0 bridgehead atoms. The van der Waals surface area contributed by atoms with Crippen LogP contribution in [0.1, 0.15) is 25.5 Å². The molecule has 1 aromatic rings. The summed E-state index contributed by atoms with van der Waals surface area (Å²) in [6, 6.07) is 8.83. The maximum Gasteiger partial charge on any atom is 0.313 e. The Morgan fingerprint density at radius 3 is 2.47 bits per heavy atom. The first kappa shape index (κ1) is 15.2. The summed E-state index contributed by atoms with van der Waals surface area (Å²) in [5.74, 6) is -1.59. The van der Waals surface area contributed by atoms with Crippen LogP contribution in [-0.4, -0.2) is 30.1 Å². The third-order valence-corrected chi connectivity index (χ3v) is 2.68. The number of rotatable bonds is 6. The predicted octanol–water partition coefficient (Wildman–Crippen LogP) is 1.04. The third-order valence-electron chi connectivity index (χ3n) is 2.68. The summed E-state index contributed by atoms with van der Waals surface area (Å²) in [4.78, 5) is 22.8. The zero-order chi connectivity index (χ0) is 14.3. The van der Waals surface area contributed by atoms with Gasteiger partial charge in [0.05, 0.1) is 12.7 Å². The average molecular weight is 265 g/mol. The lowest BCUT2D eigenvalue weighted by molar-refractivity contribution is -0.152. The number of aliphatic hydroxyl groups is 1. The van der Waals surface area contributed by atoms with Crippen LogP contribution in [-0.2, 0) is 14.3 Å². The number of hydrogen-bond acceptors (Lipinski definition) is 4. The van der Waals surface area contributed by atoms with Crippen LogP contribution in [0, 0.1) is 5.92 Å². The van der Waals surface area contributed by atoms with Gasteiger partial charge in [-0.15, -0.1) is 0 Å². The monoisotopic (exact) mass is 265 g/mol. The maximum atomic E-state index is 11.8. The SMILES string of the molecule is CCOC(=O)[C@H](CNC(C)=O)[C@H](O)c1ccccc1. The molecule has 5 heteroatoms. The van der Waals surface area contributed by atoms with Gasteiger partial charge in [0, 0.05) is 13.5 Å². The number of carbonyl (C=O) groups is 2. The summed E-state index contributed by atoms with van der Waals surface area (Å²) >= 11 is 0. The molecule has 0 heterocycles. The quantitative estimate of drug-likeness (QED) is 0.753. The van der Waals surface area contributed by atoms with E-state index >= 15 is 0 Å². The molecule has 0 saturated carbocycles. The molecule has 0 radical (unpaired) electrons. The van der Waals surface area contributed by atoms with Crippen LogP contribution < -0.4 is 5.32 Å². The van der Waals surface area contributed by atoms with Gasteiger partial charge in [-0.1, -0.05) is 30.3 Å². The second-order valence-corrected chi connectivity index (χ2v) is 4.15. The number of esters is 1. The van der Waals surface area contributed by atoms with Crippen molar-refractivity contribution in [2.24, 2.45) is 5.92 Å². The smallest absolute Gasteiger partial charge is 0.313 e. The van der Waals surface area contributed by atoms with E-state index in [4.69, 9.17) is 4.74 Å². The molecular formula is C14H19NO4. The van der Waals surface area contributed by atoms with Crippen LogP contribution >= 0.6 is 0 Å². The molecule has 1 aromatic carbocycles. The molecule has 0 fully saturated rings. The largest absolute Gasteiger partial charge is 0.466 e. The highest BCUT2D eigenvalue weighted by Crippen LogP contribution is 2.22. The third kappa shape index (κ3) is 4.71. The van der Waals surface area contributed by atoms with Crippen molar-refractivity contribution in [1.82, 2.24) is 5.32 Å². The zero-order valence-corrected chi connectivity index (χ0v) is 11.1. The Morgan fingerprint density at radius 1 is 1.32 bits per heavy atom. The number of ether oxygens (including phenoxy) is 1. The molecule has 104 valence electrons. The fourth-order valence-corrected chi connectivity index (χ4v) is 1.71. The van der Waals surface area contributed by atoms with E-state index < -0.39 is 18.0 Å². The topological polar surface area (TPSA) is 75.6 Å². The lowest BCUT2D eigenvalue weighted by Gasteiger charge is -2.21. The number of nitrogens with one attached hydrogen (secondary N) is 1. The Hall–Kier alpha value is -1.88. The van der Waals surface area contributed by atoms with Crippen LogP contribution in [0.3, 0.4) is 0 Å². The summed E-state index contributed by atoms with van der Waals surface area (Å²) in [5.41, 5.74) is 0.617. The van der Waals surface area contributed by atoms with Crippen molar-refractivity contribution in [2.45, 2.75) is 20.0 Å². The predicted molar refractivity (Wildman–Crippen MR) is 70.2 cm³/mol. The van der Waals surface area contributed by atoms with Crippen molar-refractivity contribution in [3.05, 3.63) is 35.9 Å². The van der Waals surface area contributed by atoms with E-state index in [9.17, 15) is 14.7 Å². The van der Waals surface area contributed by atoms with Crippen LogP contribution in [0.4, 0.5) is 0 Å². The first-order valence-corrected chi connectivity index (χ1v) is 6.20. The summed E-state index contributed by atoms with van der Waals surface area (Å²) in [7, 11) is 0. The van der Waals surface area contributed by atoms with Gasteiger partial charge >= 0.3 is 5.97 Å². The molecule has 0 aliphatic carbocycles. The van der Waals surface area contributed by atoms with E-state index in [0.29, 0.717) is 5.56 Å². The second-order valence-electron chi connectivity index (χ2n) is 4.15. The number of carbonyl (C=O) groups excluding carboxylic acids is 2. The summed E-state index contributed by atoms with van der Waals surface area (Å²) in [5, 5.41) is 12.8. The fraction of sp³-hybridized carbons (Fsp3) is 0.429. The van der Waals surface area contributed by atoms with Gasteiger partial charge in [-0.3, -0.25) is 9.59 Å². The van der Waals surface area contributed by atoms with Crippen molar-refractivity contribution in [2.75, 3.05) is 13.2 Å². The van der Waals surface area contributed by atoms with Gasteiger partial charge in [-0.25, -0.2) is 0 Å². The number of hydrogen-bond donors (Lipinski definition) is 2. The lowest BCUT2D eigenvalue weighted by Crippen LogP contribution is -2.36. The minimum absolute atomic E-state index is 0.0459. The summed E-state index contributed by atoms with van der Waals surface area (Å²) in [6.45, 7) is 3.33. The molecule has 1 rings (SSSR count). The molecule has 0 aliphatic rings. The minimum atomic E-state index is -1.01. The van der Waals surface area contributed by atoms with E-state index in [1.54, 1.807) is 31.2 Å². The molecule has 0 aromatic heterocycles. The van der Waals surface area contributed by atoms with Gasteiger partial charge in [0.1, 0.15) is 5.92 Å². The first-order valence-electron chi connectivity index (χ1n) is 6.20. The highest BCUT2D eigenvalue weighted by atomic mass is 16.5. The van der Waals surface area contributed by atoms with E-state index in [2.05, 4.69) is 5.32 Å². The highest BCUT2D eigenvalue weighted by molar-refractivity contribution is 5.76. The Kier molecular flexibility index (Phi) is 6.02. The van der Waals surface area contributed by atoms with Gasteiger partial charge in [-0.05, 0) is 12.5 Å². The van der Waals surface area contributed by atoms with E-state index in [-0.39, 0.29) is 19.1 Å². The highest BCUT2D eigenvalue weighted by Gasteiger charge is 2.29. The van der Waals surface area contributed by atoms with Gasteiger partial charge in [0.25, 0.3) is 0 Å². The van der Waals surface area contributed by atoms with Crippen molar-refractivity contribution >= 4 is 11.9 Å². The second kappa shape index (κ2) is 7.53. The summed E-state index contributed by atoms with van der Waals surface area (Å²) < 4.78 is 4.93. The minimum Gasteiger partial charge on any atom is -0.466 e. The average Bonchev–Trinajstić information content (AvgIpc) is 2.39. The molecule has 1 amide bonds. The Morgan fingerprint density at radius 2 is 1.95 bits per heavy atom. The number of benzene rings is 1. The van der Waals surface area contributed by atoms with Crippen molar-refractivity contribution in [1.29, 1.82) is 0 Å². The van der Waals surface area contributed by atoms with E-state index in [1.807, 2.05) is 6.07 Å². The molecule has 2 atom stereocenters. The number of amides is 1. The van der Waals surface area contributed by atoms with Gasteiger partial charge in [0.2, 0.25) is 5.91 Å². The van der Waals surface area contributed by atoms with Crippen LogP contribution in [0.25, 0.3) is 0 Å². The van der Waals surface area contributed by atoms with E-state index in [0.717, 1.165) is 0 Å². The van der Waals surface area contributed by atoms with Crippen molar-refractivity contribution < 1.29 is 19.4 Å². The lowest BCUT2D eigenvalue weighted by atomic mass is 9.95.